The average molecular weight is 198 g/mol. The minimum atomic E-state index is -0.753. The van der Waals surface area contributed by atoms with Crippen LogP contribution in [0.1, 0.15) is 11.3 Å². The fourth-order valence-electron chi connectivity index (χ4n) is 1.55. The molecule has 1 fully saturated rings. The molecular formula is C9H10O3S. The van der Waals surface area contributed by atoms with Crippen LogP contribution >= 0.6 is 11.3 Å². The Morgan fingerprint density at radius 1 is 1.69 bits per heavy atom. The Labute approximate surface area is 80.0 Å². The molecule has 3 nitrogen and oxygen atoms in total. The van der Waals surface area contributed by atoms with Gasteiger partial charge in [-0.15, -0.1) is 11.3 Å². The van der Waals surface area contributed by atoms with Crippen molar-refractivity contribution in [2.75, 3.05) is 13.2 Å². The van der Waals surface area contributed by atoms with Gasteiger partial charge in [0.1, 0.15) is 0 Å². The fraction of sp³-hybridized carbons (Fsp3) is 0.444. The number of ether oxygens (including phenoxy) is 1. The Morgan fingerprint density at radius 2 is 2.46 bits per heavy atom. The molecule has 0 aliphatic carbocycles. The molecule has 0 bridgehead atoms. The summed E-state index contributed by atoms with van der Waals surface area (Å²) in [6, 6.07) is 3.93. The molecule has 0 aromatic carbocycles. The SMILES string of the molecule is O=C(O)CC1(c2cccs2)COC1. The normalized spacial score (nSPS) is 19.4. The summed E-state index contributed by atoms with van der Waals surface area (Å²) in [5, 5.41) is 10.7. The Balaban J connectivity index is 2.20. The summed E-state index contributed by atoms with van der Waals surface area (Å²) in [4.78, 5) is 11.8. The first-order chi connectivity index (χ1) is 6.23. The second-order valence-corrected chi connectivity index (χ2v) is 4.27. The van der Waals surface area contributed by atoms with Crippen LogP contribution in [0.5, 0.6) is 0 Å². The van der Waals surface area contributed by atoms with Gasteiger partial charge in [0.05, 0.1) is 25.0 Å². The van der Waals surface area contributed by atoms with Crippen molar-refractivity contribution in [3.8, 4) is 0 Å². The average Bonchev–Trinajstić information content (AvgIpc) is 2.48. The highest BCUT2D eigenvalue weighted by atomic mass is 32.1. The lowest BCUT2D eigenvalue weighted by Gasteiger charge is -2.39. The van der Waals surface area contributed by atoms with E-state index in [-0.39, 0.29) is 11.8 Å². The number of carboxylic acids is 1. The predicted molar refractivity (Wildman–Crippen MR) is 49.1 cm³/mol. The van der Waals surface area contributed by atoms with E-state index in [0.29, 0.717) is 13.2 Å². The van der Waals surface area contributed by atoms with E-state index in [9.17, 15) is 4.79 Å². The van der Waals surface area contributed by atoms with E-state index in [2.05, 4.69) is 0 Å². The summed E-state index contributed by atoms with van der Waals surface area (Å²) >= 11 is 1.60. The van der Waals surface area contributed by atoms with Gasteiger partial charge in [-0.1, -0.05) is 6.07 Å². The zero-order valence-corrected chi connectivity index (χ0v) is 7.84. The van der Waals surface area contributed by atoms with E-state index in [1.165, 1.54) is 0 Å². The van der Waals surface area contributed by atoms with E-state index in [1.54, 1.807) is 11.3 Å². The summed E-state index contributed by atoms with van der Waals surface area (Å²) in [7, 11) is 0. The van der Waals surface area contributed by atoms with Crippen LogP contribution in [0, 0.1) is 0 Å². The Bertz CT molecular complexity index is 301. The van der Waals surface area contributed by atoms with Crippen molar-refractivity contribution in [1.29, 1.82) is 0 Å². The van der Waals surface area contributed by atoms with Gasteiger partial charge in [0.15, 0.2) is 0 Å². The number of rotatable bonds is 3. The van der Waals surface area contributed by atoms with Gasteiger partial charge in [-0.05, 0) is 11.4 Å². The molecule has 0 radical (unpaired) electrons. The third kappa shape index (κ3) is 1.47. The van der Waals surface area contributed by atoms with Crippen LogP contribution < -0.4 is 0 Å². The van der Waals surface area contributed by atoms with Gasteiger partial charge in [-0.25, -0.2) is 0 Å². The van der Waals surface area contributed by atoms with Crippen molar-refractivity contribution in [1.82, 2.24) is 0 Å². The minimum Gasteiger partial charge on any atom is -0.481 e. The molecule has 1 saturated heterocycles. The number of hydrogen-bond donors (Lipinski definition) is 1. The third-order valence-electron chi connectivity index (χ3n) is 2.29. The molecule has 0 amide bonds. The van der Waals surface area contributed by atoms with Crippen molar-refractivity contribution >= 4 is 17.3 Å². The summed E-state index contributed by atoms with van der Waals surface area (Å²) in [5.74, 6) is -0.753. The van der Waals surface area contributed by atoms with E-state index >= 15 is 0 Å². The van der Waals surface area contributed by atoms with Crippen molar-refractivity contribution in [2.45, 2.75) is 11.8 Å². The highest BCUT2D eigenvalue weighted by molar-refractivity contribution is 7.10. The first kappa shape index (κ1) is 8.72. The van der Waals surface area contributed by atoms with Gasteiger partial charge < -0.3 is 9.84 Å². The second kappa shape index (κ2) is 3.12. The van der Waals surface area contributed by atoms with Crippen molar-refractivity contribution in [3.63, 3.8) is 0 Å². The molecule has 1 N–H and O–H groups in total. The quantitative estimate of drug-likeness (QED) is 0.800. The topological polar surface area (TPSA) is 46.5 Å². The Kier molecular flexibility index (Phi) is 2.09. The molecule has 0 unspecified atom stereocenters. The molecule has 1 aromatic heterocycles. The lowest BCUT2D eigenvalue weighted by Crippen LogP contribution is -2.47. The third-order valence-corrected chi connectivity index (χ3v) is 3.41. The van der Waals surface area contributed by atoms with Crippen LogP contribution in [0.3, 0.4) is 0 Å². The molecule has 2 heterocycles. The molecule has 13 heavy (non-hydrogen) atoms. The van der Waals surface area contributed by atoms with Crippen LogP contribution in [0.15, 0.2) is 17.5 Å². The van der Waals surface area contributed by atoms with E-state index in [4.69, 9.17) is 9.84 Å². The first-order valence-corrected chi connectivity index (χ1v) is 4.94. The van der Waals surface area contributed by atoms with Gasteiger partial charge >= 0.3 is 5.97 Å². The molecule has 0 spiro atoms. The van der Waals surface area contributed by atoms with E-state index in [1.807, 2.05) is 17.5 Å². The smallest absolute Gasteiger partial charge is 0.304 e. The van der Waals surface area contributed by atoms with E-state index < -0.39 is 5.97 Å². The number of thiophene rings is 1. The molecule has 1 aliphatic rings. The lowest BCUT2D eigenvalue weighted by molar-refractivity contribution is -0.145. The van der Waals surface area contributed by atoms with Crippen molar-refractivity contribution in [3.05, 3.63) is 22.4 Å². The van der Waals surface area contributed by atoms with Gasteiger partial charge in [-0.2, -0.15) is 0 Å². The first-order valence-electron chi connectivity index (χ1n) is 4.06. The zero-order valence-electron chi connectivity index (χ0n) is 7.03. The maximum Gasteiger partial charge on any atom is 0.304 e. The summed E-state index contributed by atoms with van der Waals surface area (Å²) in [6.07, 6.45) is 0.174. The molecule has 0 saturated carbocycles. The molecule has 70 valence electrons. The monoisotopic (exact) mass is 198 g/mol. The molecule has 1 aromatic rings. The maximum absolute atomic E-state index is 10.7. The van der Waals surface area contributed by atoms with Gasteiger partial charge in [0, 0.05) is 4.88 Å². The standard InChI is InChI=1S/C9H10O3S/c10-8(11)4-9(5-12-6-9)7-2-1-3-13-7/h1-3H,4-6H2,(H,10,11). The molecule has 1 aliphatic heterocycles. The van der Waals surface area contributed by atoms with Crippen molar-refractivity contribution in [2.24, 2.45) is 0 Å². The highest BCUT2D eigenvalue weighted by Crippen LogP contribution is 2.38. The van der Waals surface area contributed by atoms with Gasteiger partial charge in [-0.3, -0.25) is 4.79 Å². The highest BCUT2D eigenvalue weighted by Gasteiger charge is 2.43. The zero-order chi connectivity index (χ0) is 9.31. The fourth-order valence-corrected chi connectivity index (χ4v) is 2.45. The van der Waals surface area contributed by atoms with Crippen LogP contribution in [0.4, 0.5) is 0 Å². The largest absolute Gasteiger partial charge is 0.481 e. The summed E-state index contributed by atoms with van der Waals surface area (Å²) < 4.78 is 5.11. The minimum absolute atomic E-state index is 0.174. The Morgan fingerprint density at radius 3 is 2.85 bits per heavy atom. The maximum atomic E-state index is 10.7. The number of hydrogen-bond acceptors (Lipinski definition) is 3. The van der Waals surface area contributed by atoms with Crippen molar-refractivity contribution < 1.29 is 14.6 Å². The van der Waals surface area contributed by atoms with Gasteiger partial charge in [0.2, 0.25) is 0 Å². The molecule has 0 atom stereocenters. The lowest BCUT2D eigenvalue weighted by atomic mass is 9.81. The summed E-state index contributed by atoms with van der Waals surface area (Å²) in [5.41, 5.74) is -0.236. The number of carboxylic acid groups (broad SMARTS) is 1. The van der Waals surface area contributed by atoms with Gasteiger partial charge in [0.25, 0.3) is 0 Å². The summed E-state index contributed by atoms with van der Waals surface area (Å²) in [6.45, 7) is 1.08. The second-order valence-electron chi connectivity index (χ2n) is 3.32. The molecular weight excluding hydrogens is 188 g/mol. The molecule has 2 rings (SSSR count). The van der Waals surface area contributed by atoms with Crippen LogP contribution in [-0.2, 0) is 14.9 Å². The Hall–Kier alpha value is -0.870. The van der Waals surface area contributed by atoms with Crippen LogP contribution in [-0.4, -0.2) is 24.3 Å². The molecule has 4 heteroatoms. The number of carbonyl (C=O) groups is 1. The van der Waals surface area contributed by atoms with E-state index in [0.717, 1.165) is 4.88 Å². The predicted octanol–water partition coefficient (Wildman–Crippen LogP) is 1.49. The number of aliphatic carboxylic acids is 1. The van der Waals surface area contributed by atoms with Crippen LogP contribution in [0.25, 0.3) is 0 Å². The van der Waals surface area contributed by atoms with Crippen LogP contribution in [0.2, 0.25) is 0 Å².